The molecule has 0 aliphatic heterocycles. The van der Waals surface area contributed by atoms with Crippen molar-refractivity contribution in [2.24, 2.45) is 0 Å². The Morgan fingerprint density at radius 1 is 0.750 bits per heavy atom. The molecule has 0 amide bonds. The normalized spacial score (nSPS) is 14.6. The van der Waals surface area contributed by atoms with Gasteiger partial charge in [0.25, 0.3) is 0 Å². The zero-order valence-corrected chi connectivity index (χ0v) is 23.1. The van der Waals surface area contributed by atoms with Gasteiger partial charge < -0.3 is 0 Å². The first-order valence-corrected chi connectivity index (χ1v) is 12.0. The molecule has 1 unspecified atom stereocenters. The Bertz CT molecular complexity index is 791. The second kappa shape index (κ2) is 7.75. The third-order valence-corrected chi connectivity index (χ3v) is 11.0. The van der Waals surface area contributed by atoms with Crippen LogP contribution < -0.4 is 0 Å². The first-order valence-electron chi connectivity index (χ1n) is 7.20. The predicted molar refractivity (Wildman–Crippen MR) is 126 cm³/mol. The smallest absolute Gasteiger partial charge is 0.0714 e. The summed E-state index contributed by atoms with van der Waals surface area (Å²) in [5, 5.41) is 0. The molecule has 0 nitrogen and oxygen atoms in total. The Balaban J connectivity index is 2.90. The Kier molecular flexibility index (Phi) is 6.98. The maximum absolute atomic E-state index is 4.06. The van der Waals surface area contributed by atoms with E-state index in [0.29, 0.717) is 0 Å². The molecule has 0 aliphatic rings. The van der Waals surface area contributed by atoms with Crippen molar-refractivity contribution in [2.45, 2.75) is 34.2 Å². The molecule has 0 bridgehead atoms. The van der Waals surface area contributed by atoms with Gasteiger partial charge in [-0.2, -0.15) is 0 Å². The summed E-state index contributed by atoms with van der Waals surface area (Å²) in [6.45, 7) is 8.49. The standard InChI is InChI=1S/C18H16Br6/c1-9-5-6-13(10(2)7-9)17(21,18(22,23)24)14-8-15(19)12(4)16(20)11(14)3/h5-8H,1-4H3. The largest absolute Gasteiger partial charge is 0.158 e. The van der Waals surface area contributed by atoms with E-state index in [-0.39, 0.29) is 0 Å². The Morgan fingerprint density at radius 3 is 1.83 bits per heavy atom. The summed E-state index contributed by atoms with van der Waals surface area (Å²) in [7, 11) is 0. The van der Waals surface area contributed by atoms with Crippen LogP contribution in [0.4, 0.5) is 0 Å². The molecule has 0 saturated heterocycles. The molecule has 0 heterocycles. The van der Waals surface area contributed by atoms with E-state index >= 15 is 0 Å². The Hall–Kier alpha value is 1.32. The van der Waals surface area contributed by atoms with Gasteiger partial charge >= 0.3 is 0 Å². The van der Waals surface area contributed by atoms with Crippen LogP contribution in [0.3, 0.4) is 0 Å². The molecule has 0 fully saturated rings. The van der Waals surface area contributed by atoms with Crippen LogP contribution >= 0.6 is 95.6 Å². The van der Waals surface area contributed by atoms with Crippen molar-refractivity contribution < 1.29 is 0 Å². The summed E-state index contributed by atoms with van der Waals surface area (Å²) in [5.74, 6) is 0. The third kappa shape index (κ3) is 3.80. The van der Waals surface area contributed by atoms with Gasteiger partial charge in [-0.15, -0.1) is 0 Å². The molecule has 0 spiro atoms. The van der Waals surface area contributed by atoms with Crippen molar-refractivity contribution in [1.29, 1.82) is 0 Å². The fraction of sp³-hybridized carbons (Fsp3) is 0.333. The molecule has 2 rings (SSSR count). The zero-order chi connectivity index (χ0) is 18.4. The van der Waals surface area contributed by atoms with E-state index in [2.05, 4.69) is 148 Å². The van der Waals surface area contributed by atoms with Crippen molar-refractivity contribution in [1.82, 2.24) is 0 Å². The predicted octanol–water partition coefficient (Wildman–Crippen LogP) is 8.92. The van der Waals surface area contributed by atoms with Crippen LogP contribution in [0.5, 0.6) is 0 Å². The number of alkyl halides is 4. The maximum Gasteiger partial charge on any atom is 0.158 e. The minimum absolute atomic E-state index is 0.527. The van der Waals surface area contributed by atoms with Crippen LogP contribution in [0, 0.1) is 27.7 Å². The molecule has 0 radical (unpaired) electrons. The number of rotatable bonds is 2. The van der Waals surface area contributed by atoms with Gasteiger partial charge in [0.1, 0.15) is 4.32 Å². The van der Waals surface area contributed by atoms with E-state index in [1.165, 1.54) is 27.8 Å². The van der Waals surface area contributed by atoms with Crippen LogP contribution in [0.25, 0.3) is 0 Å². The average molecular weight is 712 g/mol. The molecule has 0 aliphatic carbocycles. The Morgan fingerprint density at radius 2 is 1.33 bits per heavy atom. The quantitative estimate of drug-likeness (QED) is 0.273. The minimum atomic E-state index is -0.571. The van der Waals surface area contributed by atoms with E-state index in [0.717, 1.165) is 14.5 Å². The van der Waals surface area contributed by atoms with Gasteiger partial charge in [-0.3, -0.25) is 0 Å². The van der Waals surface area contributed by atoms with E-state index in [4.69, 9.17) is 0 Å². The fourth-order valence-electron chi connectivity index (χ4n) is 2.86. The third-order valence-electron chi connectivity index (χ3n) is 4.21. The molecule has 130 valence electrons. The van der Waals surface area contributed by atoms with Crippen molar-refractivity contribution in [3.63, 3.8) is 0 Å². The summed E-state index contributed by atoms with van der Waals surface area (Å²) in [6, 6.07) is 8.71. The highest BCUT2D eigenvalue weighted by atomic mass is 80.0. The number of hydrogen-bond acceptors (Lipinski definition) is 0. The first kappa shape index (κ1) is 21.6. The lowest BCUT2D eigenvalue weighted by molar-refractivity contribution is 0.811. The number of hydrogen-bond donors (Lipinski definition) is 0. The van der Waals surface area contributed by atoms with Gasteiger partial charge in [0.2, 0.25) is 0 Å². The lowest BCUT2D eigenvalue weighted by atomic mass is 9.86. The van der Waals surface area contributed by atoms with Crippen LogP contribution in [0.2, 0.25) is 0 Å². The van der Waals surface area contributed by atoms with Crippen molar-refractivity contribution in [3.05, 3.63) is 66.6 Å². The number of benzene rings is 2. The molecule has 0 aromatic heterocycles. The number of halogens is 6. The summed E-state index contributed by atoms with van der Waals surface area (Å²) in [6.07, 6.45) is 0. The Labute approximate surface area is 194 Å². The molecular weight excluding hydrogens is 696 g/mol. The maximum atomic E-state index is 4.06. The van der Waals surface area contributed by atoms with E-state index in [1.807, 2.05) is 0 Å². The van der Waals surface area contributed by atoms with Gasteiger partial charge in [0.15, 0.2) is 2.14 Å². The molecule has 24 heavy (non-hydrogen) atoms. The molecule has 1 atom stereocenters. The van der Waals surface area contributed by atoms with Crippen LogP contribution in [-0.2, 0) is 4.32 Å². The monoisotopic (exact) mass is 706 g/mol. The van der Waals surface area contributed by atoms with E-state index in [1.54, 1.807) is 0 Å². The van der Waals surface area contributed by atoms with Gasteiger partial charge in [0, 0.05) is 8.95 Å². The molecule has 2 aromatic rings. The van der Waals surface area contributed by atoms with Gasteiger partial charge in [-0.25, -0.2) is 0 Å². The highest BCUT2D eigenvalue weighted by Crippen LogP contribution is 2.60. The van der Waals surface area contributed by atoms with E-state index < -0.39 is 6.47 Å². The van der Waals surface area contributed by atoms with Gasteiger partial charge in [0.05, 0.1) is 0 Å². The SMILES string of the molecule is Cc1ccc(C(Br)(c2cc(Br)c(C)c(Br)c2C)C(Br)(Br)Br)c(C)c1. The van der Waals surface area contributed by atoms with Crippen LogP contribution in [0.15, 0.2) is 33.2 Å². The molecular formula is C18H16Br6. The van der Waals surface area contributed by atoms with Gasteiger partial charge in [-0.1, -0.05) is 119 Å². The molecule has 0 saturated carbocycles. The number of aryl methyl sites for hydroxylation is 2. The van der Waals surface area contributed by atoms with Crippen molar-refractivity contribution in [2.75, 3.05) is 0 Å². The van der Waals surface area contributed by atoms with Gasteiger partial charge in [-0.05, 0) is 61.6 Å². The lowest BCUT2D eigenvalue weighted by Gasteiger charge is -2.39. The summed E-state index contributed by atoms with van der Waals surface area (Å²) in [5.41, 5.74) is 7.19. The molecule has 0 N–H and O–H groups in total. The highest BCUT2D eigenvalue weighted by molar-refractivity contribution is 9.40. The summed E-state index contributed by atoms with van der Waals surface area (Å²) < 4.78 is 1.08. The van der Waals surface area contributed by atoms with Crippen LogP contribution in [0.1, 0.15) is 33.4 Å². The summed E-state index contributed by atoms with van der Waals surface area (Å²) in [4.78, 5) is 0. The fourth-order valence-corrected chi connectivity index (χ4v) is 6.11. The lowest BCUT2D eigenvalue weighted by Crippen LogP contribution is -2.35. The van der Waals surface area contributed by atoms with E-state index in [9.17, 15) is 0 Å². The molecule has 6 heteroatoms. The first-order chi connectivity index (χ1) is 10.9. The topological polar surface area (TPSA) is 0 Å². The molecule has 2 aromatic carbocycles. The second-order valence-electron chi connectivity index (χ2n) is 5.94. The van der Waals surface area contributed by atoms with Crippen LogP contribution in [-0.4, -0.2) is 2.14 Å². The average Bonchev–Trinajstić information content (AvgIpc) is 2.47. The minimum Gasteiger partial charge on any atom is -0.0714 e. The van der Waals surface area contributed by atoms with Crippen molar-refractivity contribution in [3.8, 4) is 0 Å². The van der Waals surface area contributed by atoms with Crippen molar-refractivity contribution >= 4 is 95.6 Å². The summed E-state index contributed by atoms with van der Waals surface area (Å²) >= 11 is 22.9. The second-order valence-corrected chi connectivity index (χ2v) is 15.5. The highest BCUT2D eigenvalue weighted by Gasteiger charge is 2.49. The zero-order valence-electron chi connectivity index (χ0n) is 13.6.